The largest absolute Gasteiger partial charge is 0.344 e. The topological polar surface area (TPSA) is 57.6 Å². The molecule has 0 aliphatic carbocycles. The van der Waals surface area contributed by atoms with E-state index in [0.717, 1.165) is 65.5 Å². The second-order valence-corrected chi connectivity index (χ2v) is 9.77. The van der Waals surface area contributed by atoms with Gasteiger partial charge in [-0.1, -0.05) is 24.3 Å². The number of carbonyl (C=O) groups excluding carboxylic acids is 2. The lowest BCUT2D eigenvalue weighted by Gasteiger charge is -2.33. The van der Waals surface area contributed by atoms with Crippen LogP contribution in [0.2, 0.25) is 0 Å². The number of piperazine rings is 1. The van der Waals surface area contributed by atoms with Crippen LogP contribution in [-0.2, 0) is 11.3 Å². The molecular formula is C29H35FN4O2. The minimum atomic E-state index is -0.252. The molecule has 6 nitrogen and oxygen atoms in total. The summed E-state index contributed by atoms with van der Waals surface area (Å²) in [7, 11) is 0. The molecule has 1 aliphatic heterocycles. The standard InChI is InChI=1S/C29H35FN4O2/c1-20-6-5-7-27(22(20)3)31-29(36)19-33-14-12-32(13-15-33)18-28(35)26-16-21(2)34(23(26)4)17-24-8-10-25(30)11-9-24/h5-11,16H,12-15,17-19H2,1-4H3,(H,31,36). The summed E-state index contributed by atoms with van der Waals surface area (Å²) in [6, 6.07) is 14.3. The number of carbonyl (C=O) groups is 2. The SMILES string of the molecule is Cc1cccc(NC(=O)CN2CCN(CC(=O)c3cc(C)n(Cc4ccc(F)cc4)c3C)CC2)c1C. The van der Waals surface area contributed by atoms with Crippen LogP contribution < -0.4 is 5.32 Å². The van der Waals surface area contributed by atoms with Gasteiger partial charge in [0, 0.05) is 55.4 Å². The summed E-state index contributed by atoms with van der Waals surface area (Å²) in [6.07, 6.45) is 0. The van der Waals surface area contributed by atoms with Gasteiger partial charge >= 0.3 is 0 Å². The highest BCUT2D eigenvalue weighted by Crippen LogP contribution is 2.20. The Balaban J connectivity index is 1.28. The molecule has 0 bridgehead atoms. The van der Waals surface area contributed by atoms with E-state index >= 15 is 0 Å². The Bertz CT molecular complexity index is 1240. The highest BCUT2D eigenvalue weighted by atomic mass is 19.1. The summed E-state index contributed by atoms with van der Waals surface area (Å²) in [4.78, 5) is 30.0. The van der Waals surface area contributed by atoms with Gasteiger partial charge in [-0.05, 0) is 68.7 Å². The number of hydrogen-bond acceptors (Lipinski definition) is 4. The fraction of sp³-hybridized carbons (Fsp3) is 0.379. The third kappa shape index (κ3) is 6.09. The third-order valence-corrected chi connectivity index (χ3v) is 7.21. The quantitative estimate of drug-likeness (QED) is 0.477. The van der Waals surface area contributed by atoms with Gasteiger partial charge in [0.1, 0.15) is 5.82 Å². The lowest BCUT2D eigenvalue weighted by atomic mass is 10.1. The number of hydrogen-bond donors (Lipinski definition) is 1. The molecule has 2 aromatic carbocycles. The van der Waals surface area contributed by atoms with Crippen molar-refractivity contribution in [3.05, 3.63) is 88.0 Å². The molecule has 1 saturated heterocycles. The summed E-state index contributed by atoms with van der Waals surface area (Å²) in [5, 5.41) is 3.03. The molecule has 0 saturated carbocycles. The van der Waals surface area contributed by atoms with Crippen LogP contribution in [-0.4, -0.2) is 65.3 Å². The van der Waals surface area contributed by atoms with Crippen LogP contribution in [0, 0.1) is 33.5 Å². The van der Waals surface area contributed by atoms with E-state index < -0.39 is 0 Å². The lowest BCUT2D eigenvalue weighted by Crippen LogP contribution is -2.49. The number of amides is 1. The Morgan fingerprint density at radius 2 is 1.53 bits per heavy atom. The van der Waals surface area contributed by atoms with E-state index in [1.807, 2.05) is 52.0 Å². The van der Waals surface area contributed by atoms with E-state index in [4.69, 9.17) is 0 Å². The lowest BCUT2D eigenvalue weighted by molar-refractivity contribution is -0.117. The van der Waals surface area contributed by atoms with Crippen LogP contribution in [0.4, 0.5) is 10.1 Å². The molecular weight excluding hydrogens is 455 g/mol. The van der Waals surface area contributed by atoms with Crippen LogP contribution in [0.3, 0.4) is 0 Å². The van der Waals surface area contributed by atoms with Gasteiger partial charge in [-0.3, -0.25) is 19.4 Å². The molecule has 0 radical (unpaired) electrons. The molecule has 190 valence electrons. The number of aromatic nitrogens is 1. The smallest absolute Gasteiger partial charge is 0.238 e. The van der Waals surface area contributed by atoms with Gasteiger partial charge in [-0.25, -0.2) is 4.39 Å². The monoisotopic (exact) mass is 490 g/mol. The highest BCUT2D eigenvalue weighted by Gasteiger charge is 2.23. The summed E-state index contributed by atoms with van der Waals surface area (Å²) in [5.41, 5.74) is 6.79. The van der Waals surface area contributed by atoms with Crippen molar-refractivity contribution in [3.63, 3.8) is 0 Å². The van der Waals surface area contributed by atoms with Crippen LogP contribution in [0.1, 0.15) is 38.4 Å². The molecule has 2 heterocycles. The van der Waals surface area contributed by atoms with Crippen molar-refractivity contribution < 1.29 is 14.0 Å². The van der Waals surface area contributed by atoms with Gasteiger partial charge in [0.15, 0.2) is 5.78 Å². The molecule has 0 spiro atoms. The van der Waals surface area contributed by atoms with Gasteiger partial charge in [0.2, 0.25) is 5.91 Å². The summed E-state index contributed by atoms with van der Waals surface area (Å²) >= 11 is 0. The van der Waals surface area contributed by atoms with Crippen molar-refractivity contribution in [2.75, 3.05) is 44.6 Å². The van der Waals surface area contributed by atoms with E-state index in [1.165, 1.54) is 12.1 Å². The molecule has 4 rings (SSSR count). The van der Waals surface area contributed by atoms with E-state index in [2.05, 4.69) is 19.7 Å². The van der Waals surface area contributed by atoms with E-state index in [9.17, 15) is 14.0 Å². The molecule has 1 N–H and O–H groups in total. The summed E-state index contributed by atoms with van der Waals surface area (Å²) < 4.78 is 15.3. The van der Waals surface area contributed by atoms with Gasteiger partial charge < -0.3 is 9.88 Å². The number of nitrogens with one attached hydrogen (secondary N) is 1. The maximum atomic E-state index is 13.2. The van der Waals surface area contributed by atoms with E-state index in [0.29, 0.717) is 19.6 Å². The predicted octanol–water partition coefficient (Wildman–Crippen LogP) is 4.35. The normalized spacial score (nSPS) is 14.7. The average molecular weight is 491 g/mol. The number of anilines is 1. The Morgan fingerprint density at radius 1 is 0.889 bits per heavy atom. The maximum Gasteiger partial charge on any atom is 0.238 e. The fourth-order valence-corrected chi connectivity index (χ4v) is 4.77. The first-order chi connectivity index (χ1) is 17.2. The van der Waals surface area contributed by atoms with Crippen molar-refractivity contribution in [2.45, 2.75) is 34.2 Å². The Hall–Kier alpha value is -3.29. The number of rotatable bonds is 8. The van der Waals surface area contributed by atoms with Crippen LogP contribution in [0.25, 0.3) is 0 Å². The van der Waals surface area contributed by atoms with Gasteiger partial charge in [0.05, 0.1) is 13.1 Å². The Kier molecular flexibility index (Phi) is 8.01. The molecule has 1 aliphatic rings. The Labute approximate surface area is 212 Å². The van der Waals surface area contributed by atoms with Crippen molar-refractivity contribution >= 4 is 17.4 Å². The summed E-state index contributed by atoms with van der Waals surface area (Å²) in [5.74, 6) is -0.158. The minimum Gasteiger partial charge on any atom is -0.344 e. The second-order valence-electron chi connectivity index (χ2n) is 9.77. The number of ketones is 1. The average Bonchev–Trinajstić information content (AvgIpc) is 3.13. The zero-order chi connectivity index (χ0) is 25.8. The van der Waals surface area contributed by atoms with Crippen LogP contribution in [0.15, 0.2) is 48.5 Å². The molecule has 1 fully saturated rings. The number of halogens is 1. The second kappa shape index (κ2) is 11.2. The van der Waals surface area contributed by atoms with Crippen molar-refractivity contribution in [3.8, 4) is 0 Å². The van der Waals surface area contributed by atoms with E-state index in [-0.39, 0.29) is 17.5 Å². The van der Waals surface area contributed by atoms with Gasteiger partial charge in [0.25, 0.3) is 0 Å². The number of Topliss-reactive ketones (excluding diaryl/α,β-unsaturated/α-hetero) is 1. The molecule has 3 aromatic rings. The number of aryl methyl sites for hydroxylation is 2. The zero-order valence-electron chi connectivity index (χ0n) is 21.6. The van der Waals surface area contributed by atoms with Crippen LogP contribution in [0.5, 0.6) is 0 Å². The van der Waals surface area contributed by atoms with E-state index in [1.54, 1.807) is 12.1 Å². The van der Waals surface area contributed by atoms with Crippen molar-refractivity contribution in [1.29, 1.82) is 0 Å². The predicted molar refractivity (Wildman–Crippen MR) is 141 cm³/mol. The van der Waals surface area contributed by atoms with Crippen molar-refractivity contribution in [2.24, 2.45) is 0 Å². The Morgan fingerprint density at radius 3 is 2.19 bits per heavy atom. The third-order valence-electron chi connectivity index (χ3n) is 7.21. The van der Waals surface area contributed by atoms with Crippen LogP contribution >= 0.6 is 0 Å². The number of nitrogens with zero attached hydrogens (tertiary/aromatic N) is 3. The zero-order valence-corrected chi connectivity index (χ0v) is 21.6. The van der Waals surface area contributed by atoms with Gasteiger partial charge in [-0.15, -0.1) is 0 Å². The minimum absolute atomic E-state index is 0.0122. The summed E-state index contributed by atoms with van der Waals surface area (Å²) in [6.45, 7) is 12.3. The first kappa shape index (κ1) is 25.8. The van der Waals surface area contributed by atoms with Crippen molar-refractivity contribution in [1.82, 2.24) is 14.4 Å². The molecule has 1 aromatic heterocycles. The molecule has 0 unspecified atom stereocenters. The maximum absolute atomic E-state index is 13.2. The first-order valence-electron chi connectivity index (χ1n) is 12.5. The highest BCUT2D eigenvalue weighted by molar-refractivity contribution is 5.99. The number of benzene rings is 2. The molecule has 36 heavy (non-hydrogen) atoms. The molecule has 1 amide bonds. The molecule has 7 heteroatoms. The first-order valence-corrected chi connectivity index (χ1v) is 12.5. The fourth-order valence-electron chi connectivity index (χ4n) is 4.77. The van der Waals surface area contributed by atoms with Gasteiger partial charge in [-0.2, -0.15) is 0 Å². The molecule has 0 atom stereocenters.